The van der Waals surface area contributed by atoms with Crippen LogP contribution in [0.5, 0.6) is 0 Å². The molecule has 0 saturated carbocycles. The molecule has 0 aliphatic heterocycles. The molecule has 23 heavy (non-hydrogen) atoms. The number of furan rings is 1. The Bertz CT molecular complexity index is 837. The molecule has 1 unspecified atom stereocenters. The molecule has 0 saturated heterocycles. The number of H-pyrrole nitrogens is 1. The van der Waals surface area contributed by atoms with Crippen molar-refractivity contribution < 1.29 is 9.21 Å². The first-order valence-electron chi connectivity index (χ1n) is 7.37. The van der Waals surface area contributed by atoms with Crippen LogP contribution < -0.4 is 5.32 Å². The van der Waals surface area contributed by atoms with Gasteiger partial charge in [-0.3, -0.25) is 9.89 Å². The summed E-state index contributed by atoms with van der Waals surface area (Å²) >= 11 is 5.88. The summed E-state index contributed by atoms with van der Waals surface area (Å²) in [7, 11) is 0. The quantitative estimate of drug-likeness (QED) is 0.752. The molecular formula is C17H14ClN3O2. The van der Waals surface area contributed by atoms with Crippen molar-refractivity contribution in [1.29, 1.82) is 0 Å². The van der Waals surface area contributed by atoms with Gasteiger partial charge in [-0.2, -0.15) is 5.10 Å². The van der Waals surface area contributed by atoms with Crippen molar-refractivity contribution in [3.63, 3.8) is 0 Å². The summed E-state index contributed by atoms with van der Waals surface area (Å²) < 4.78 is 5.44. The zero-order valence-electron chi connectivity index (χ0n) is 12.2. The molecule has 5 nitrogen and oxygen atoms in total. The monoisotopic (exact) mass is 327 g/mol. The van der Waals surface area contributed by atoms with Crippen LogP contribution in [0.3, 0.4) is 0 Å². The first-order valence-corrected chi connectivity index (χ1v) is 7.75. The van der Waals surface area contributed by atoms with E-state index in [4.69, 9.17) is 16.0 Å². The maximum Gasteiger partial charge on any atom is 0.169 e. The zero-order chi connectivity index (χ0) is 15.8. The standard InChI is InChI=1S/C17H14ClN3O2/c18-11-3-5-12(6-4-11)19-17-16-13(20-21-17)8-10(9-14(16)22)15-2-1-7-23-15/h1-7,10H,8-9H2,(H2,19,20,21). The number of aromatic amines is 1. The highest BCUT2D eigenvalue weighted by Gasteiger charge is 2.32. The molecule has 6 heteroatoms. The average Bonchev–Trinajstić information content (AvgIpc) is 3.20. The van der Waals surface area contributed by atoms with E-state index in [2.05, 4.69) is 15.5 Å². The lowest BCUT2D eigenvalue weighted by Gasteiger charge is -2.19. The van der Waals surface area contributed by atoms with Gasteiger partial charge in [-0.15, -0.1) is 0 Å². The molecule has 1 atom stereocenters. The van der Waals surface area contributed by atoms with E-state index in [9.17, 15) is 4.79 Å². The lowest BCUT2D eigenvalue weighted by atomic mass is 9.85. The van der Waals surface area contributed by atoms with E-state index in [0.717, 1.165) is 17.1 Å². The number of halogens is 1. The van der Waals surface area contributed by atoms with Gasteiger partial charge in [0, 0.05) is 35.2 Å². The average molecular weight is 328 g/mol. The molecule has 0 amide bonds. The molecule has 0 fully saturated rings. The summed E-state index contributed by atoms with van der Waals surface area (Å²) in [6.07, 6.45) is 2.77. The fourth-order valence-corrected chi connectivity index (χ4v) is 3.08. The van der Waals surface area contributed by atoms with Crippen molar-refractivity contribution >= 4 is 28.9 Å². The maximum atomic E-state index is 12.6. The van der Waals surface area contributed by atoms with Crippen molar-refractivity contribution in [1.82, 2.24) is 10.2 Å². The molecule has 1 aromatic carbocycles. The van der Waals surface area contributed by atoms with E-state index in [1.165, 1.54) is 0 Å². The molecule has 116 valence electrons. The molecule has 2 N–H and O–H groups in total. The van der Waals surface area contributed by atoms with Crippen LogP contribution in [-0.2, 0) is 6.42 Å². The Morgan fingerprint density at radius 2 is 2.04 bits per heavy atom. The normalized spacial score (nSPS) is 17.1. The minimum absolute atomic E-state index is 0.0637. The van der Waals surface area contributed by atoms with E-state index >= 15 is 0 Å². The van der Waals surface area contributed by atoms with Gasteiger partial charge < -0.3 is 9.73 Å². The van der Waals surface area contributed by atoms with E-state index in [1.54, 1.807) is 18.4 Å². The minimum Gasteiger partial charge on any atom is -0.469 e. The second-order valence-corrected chi connectivity index (χ2v) is 6.04. The number of ketones is 1. The van der Waals surface area contributed by atoms with Gasteiger partial charge in [0.2, 0.25) is 0 Å². The summed E-state index contributed by atoms with van der Waals surface area (Å²) in [5.74, 6) is 1.53. The predicted molar refractivity (Wildman–Crippen MR) is 87.4 cm³/mol. The number of benzene rings is 1. The molecule has 1 aliphatic rings. The van der Waals surface area contributed by atoms with Crippen LogP contribution in [0.4, 0.5) is 11.5 Å². The number of hydrogen-bond donors (Lipinski definition) is 2. The Balaban J connectivity index is 1.61. The summed E-state index contributed by atoms with van der Waals surface area (Å²) in [6.45, 7) is 0. The second-order valence-electron chi connectivity index (χ2n) is 5.60. The van der Waals surface area contributed by atoms with Crippen LogP contribution in [0.1, 0.15) is 34.2 Å². The van der Waals surface area contributed by atoms with Crippen LogP contribution >= 0.6 is 11.6 Å². The van der Waals surface area contributed by atoms with E-state index < -0.39 is 0 Å². The summed E-state index contributed by atoms with van der Waals surface area (Å²) in [6, 6.07) is 11.0. The van der Waals surface area contributed by atoms with Gasteiger partial charge >= 0.3 is 0 Å². The first kappa shape index (κ1) is 14.1. The Labute approximate surface area is 137 Å². The number of nitrogens with one attached hydrogen (secondary N) is 2. The van der Waals surface area contributed by atoms with Gasteiger partial charge in [0.1, 0.15) is 5.76 Å². The number of fused-ring (bicyclic) bond motifs is 1. The molecule has 0 radical (unpaired) electrons. The number of Topliss-reactive ketones (excluding diaryl/α,β-unsaturated/α-hetero) is 1. The van der Waals surface area contributed by atoms with Crippen LogP contribution in [-0.4, -0.2) is 16.0 Å². The molecule has 0 bridgehead atoms. The zero-order valence-corrected chi connectivity index (χ0v) is 12.9. The van der Waals surface area contributed by atoms with Gasteiger partial charge in [-0.1, -0.05) is 11.6 Å². The molecule has 4 rings (SSSR count). The number of anilines is 2. The third-order valence-corrected chi connectivity index (χ3v) is 4.31. The first-order chi connectivity index (χ1) is 11.2. The van der Waals surface area contributed by atoms with Crippen molar-refractivity contribution in [2.45, 2.75) is 18.8 Å². The fourth-order valence-electron chi connectivity index (χ4n) is 2.96. The number of aromatic nitrogens is 2. The van der Waals surface area contributed by atoms with Crippen LogP contribution in [0.25, 0.3) is 0 Å². The van der Waals surface area contributed by atoms with Crippen LogP contribution in [0.2, 0.25) is 5.02 Å². The van der Waals surface area contributed by atoms with Crippen molar-refractivity contribution in [3.05, 3.63) is 64.7 Å². The number of hydrogen-bond acceptors (Lipinski definition) is 4. The maximum absolute atomic E-state index is 12.6. The van der Waals surface area contributed by atoms with Crippen molar-refractivity contribution in [3.8, 4) is 0 Å². The Kier molecular flexibility index (Phi) is 3.42. The lowest BCUT2D eigenvalue weighted by Crippen LogP contribution is -2.18. The molecule has 2 heterocycles. The van der Waals surface area contributed by atoms with Gasteiger partial charge in [0.15, 0.2) is 11.6 Å². The van der Waals surface area contributed by atoms with E-state index in [-0.39, 0.29) is 11.7 Å². The van der Waals surface area contributed by atoms with Crippen LogP contribution in [0, 0.1) is 0 Å². The molecule has 2 aromatic heterocycles. The van der Waals surface area contributed by atoms with E-state index in [1.807, 2.05) is 24.3 Å². The molecule has 3 aromatic rings. The number of rotatable bonds is 3. The smallest absolute Gasteiger partial charge is 0.169 e. The van der Waals surface area contributed by atoms with E-state index in [0.29, 0.717) is 29.2 Å². The van der Waals surface area contributed by atoms with Gasteiger partial charge in [0.05, 0.1) is 11.8 Å². The van der Waals surface area contributed by atoms with Crippen LogP contribution in [0.15, 0.2) is 47.1 Å². The number of nitrogens with zero attached hydrogens (tertiary/aromatic N) is 1. The van der Waals surface area contributed by atoms with Crippen molar-refractivity contribution in [2.75, 3.05) is 5.32 Å². The van der Waals surface area contributed by atoms with Gasteiger partial charge in [-0.25, -0.2) is 0 Å². The summed E-state index contributed by atoms with van der Waals surface area (Å²) in [5, 5.41) is 11.1. The highest BCUT2D eigenvalue weighted by molar-refractivity contribution is 6.30. The van der Waals surface area contributed by atoms with Crippen molar-refractivity contribution in [2.24, 2.45) is 0 Å². The minimum atomic E-state index is 0.0637. The topological polar surface area (TPSA) is 70.9 Å². The number of carbonyl (C=O) groups is 1. The Morgan fingerprint density at radius 3 is 2.78 bits per heavy atom. The van der Waals surface area contributed by atoms with Gasteiger partial charge in [-0.05, 0) is 36.4 Å². The fraction of sp³-hybridized carbons (Fsp3) is 0.176. The molecule has 1 aliphatic carbocycles. The highest BCUT2D eigenvalue weighted by Crippen LogP contribution is 2.35. The molecule has 0 spiro atoms. The Hall–Kier alpha value is -2.53. The highest BCUT2D eigenvalue weighted by atomic mass is 35.5. The SMILES string of the molecule is O=C1CC(c2ccco2)Cc2[nH]nc(Nc3ccc(Cl)cc3)c21. The van der Waals surface area contributed by atoms with Gasteiger partial charge in [0.25, 0.3) is 0 Å². The largest absolute Gasteiger partial charge is 0.469 e. The second kappa shape index (κ2) is 5.59. The third-order valence-electron chi connectivity index (χ3n) is 4.05. The molecular weight excluding hydrogens is 314 g/mol. The summed E-state index contributed by atoms with van der Waals surface area (Å²) in [4.78, 5) is 12.6. The number of carbonyl (C=O) groups excluding carboxylic acids is 1. The lowest BCUT2D eigenvalue weighted by molar-refractivity contribution is 0.0961. The predicted octanol–water partition coefficient (Wildman–Crippen LogP) is 4.31. The summed E-state index contributed by atoms with van der Waals surface area (Å²) in [5.41, 5.74) is 2.33. The third kappa shape index (κ3) is 2.64. The Morgan fingerprint density at radius 1 is 1.22 bits per heavy atom.